The van der Waals surface area contributed by atoms with Crippen molar-refractivity contribution in [2.75, 3.05) is 13.1 Å². The average molecular weight is 718 g/mol. The summed E-state index contributed by atoms with van der Waals surface area (Å²) in [7, 11) is 0. The number of amides is 1. The lowest BCUT2D eigenvalue weighted by Crippen LogP contribution is -2.48. The number of aliphatic hydroxyl groups is 1. The van der Waals surface area contributed by atoms with Crippen molar-refractivity contribution in [3.05, 3.63) is 95.1 Å². The van der Waals surface area contributed by atoms with Gasteiger partial charge in [-0.15, -0.1) is 0 Å². The molecule has 0 radical (unpaired) electrons. The number of nitrogens with one attached hydrogen (secondary N) is 1. The number of benzene rings is 3. The molecule has 2 fully saturated rings. The molecule has 1 amide bonds. The van der Waals surface area contributed by atoms with Crippen molar-refractivity contribution in [2.45, 2.75) is 87.6 Å². The summed E-state index contributed by atoms with van der Waals surface area (Å²) in [5, 5.41) is 12.2. The quantitative estimate of drug-likeness (QED) is 0.176. The molecule has 0 bridgehead atoms. The van der Waals surface area contributed by atoms with Crippen molar-refractivity contribution < 1.29 is 28.9 Å². The highest BCUT2D eigenvalue weighted by Gasteiger charge is 2.42. The van der Waals surface area contributed by atoms with Crippen LogP contribution in [0, 0.1) is 5.92 Å². The number of hydrogen-bond donors (Lipinski definition) is 2. The van der Waals surface area contributed by atoms with Crippen LogP contribution >= 0.6 is 34.8 Å². The van der Waals surface area contributed by atoms with Gasteiger partial charge in [0.15, 0.2) is 6.29 Å². The SMILES string of the molecule is CC1C(CN2CCCC2C(=O)OC(C)(C)C)OC(c2ccc(-c3cccc(CNC(=O)C(Cl)(Cl)Cl)c3)cc2)OC1c1ccc(CO)cc1. The zero-order valence-electron chi connectivity index (χ0n) is 27.6. The van der Waals surface area contributed by atoms with Crippen LogP contribution in [0.1, 0.15) is 75.2 Å². The summed E-state index contributed by atoms with van der Waals surface area (Å²) in [6.45, 7) is 9.33. The van der Waals surface area contributed by atoms with Gasteiger partial charge >= 0.3 is 5.97 Å². The van der Waals surface area contributed by atoms with Crippen molar-refractivity contribution >= 4 is 46.7 Å². The molecule has 5 rings (SSSR count). The smallest absolute Gasteiger partial charge is 0.323 e. The van der Waals surface area contributed by atoms with Crippen LogP contribution in [-0.2, 0) is 37.0 Å². The summed E-state index contributed by atoms with van der Waals surface area (Å²) in [5.74, 6) is -0.903. The number of carbonyl (C=O) groups is 2. The van der Waals surface area contributed by atoms with Crippen LogP contribution in [0.4, 0.5) is 0 Å². The van der Waals surface area contributed by atoms with Crippen LogP contribution in [0.15, 0.2) is 72.8 Å². The molecule has 3 aromatic carbocycles. The minimum atomic E-state index is -2.02. The number of carbonyl (C=O) groups excluding carboxylic acids is 2. The number of alkyl halides is 3. The molecule has 2 saturated heterocycles. The van der Waals surface area contributed by atoms with Crippen molar-refractivity contribution in [2.24, 2.45) is 5.92 Å². The van der Waals surface area contributed by atoms with E-state index in [4.69, 9.17) is 49.0 Å². The Morgan fingerprint density at radius 1 is 0.938 bits per heavy atom. The number of likely N-dealkylation sites (tertiary alicyclic amines) is 1. The number of halogens is 3. The van der Waals surface area contributed by atoms with Crippen LogP contribution < -0.4 is 5.32 Å². The minimum Gasteiger partial charge on any atom is -0.459 e. The molecule has 5 atom stereocenters. The van der Waals surface area contributed by atoms with Crippen LogP contribution in [0.3, 0.4) is 0 Å². The summed E-state index contributed by atoms with van der Waals surface area (Å²) in [6, 6.07) is 23.3. The Kier molecular flexibility index (Phi) is 11.8. The van der Waals surface area contributed by atoms with Crippen molar-refractivity contribution in [3.8, 4) is 11.1 Å². The third kappa shape index (κ3) is 9.30. The molecule has 2 aliphatic heterocycles. The lowest BCUT2D eigenvalue weighted by atomic mass is 9.89. The lowest BCUT2D eigenvalue weighted by molar-refractivity contribution is -0.276. The first kappa shape index (κ1) is 36.6. The average Bonchev–Trinajstić information content (AvgIpc) is 3.52. The van der Waals surface area contributed by atoms with Gasteiger partial charge in [-0.25, -0.2) is 0 Å². The fourth-order valence-corrected chi connectivity index (χ4v) is 6.42. The van der Waals surface area contributed by atoms with Crippen molar-refractivity contribution in [1.29, 1.82) is 0 Å². The maximum absolute atomic E-state index is 13.1. The largest absolute Gasteiger partial charge is 0.459 e. The van der Waals surface area contributed by atoms with Crippen molar-refractivity contribution in [3.63, 3.8) is 0 Å². The monoisotopic (exact) mass is 716 g/mol. The predicted octanol–water partition coefficient (Wildman–Crippen LogP) is 7.43. The van der Waals surface area contributed by atoms with Gasteiger partial charge in [-0.3, -0.25) is 14.5 Å². The number of aliphatic hydroxyl groups excluding tert-OH is 1. The fourth-order valence-electron chi connectivity index (χ4n) is 6.22. The normalized spacial score (nSPS) is 23.5. The molecular formula is C37H43Cl3N2O6. The zero-order chi connectivity index (χ0) is 34.6. The van der Waals surface area contributed by atoms with Gasteiger partial charge in [0.2, 0.25) is 0 Å². The van der Waals surface area contributed by atoms with E-state index in [1.165, 1.54) is 0 Å². The van der Waals surface area contributed by atoms with E-state index in [1.807, 2.05) is 93.6 Å². The molecule has 11 heteroatoms. The molecule has 258 valence electrons. The Balaban J connectivity index is 1.36. The molecule has 0 aliphatic carbocycles. The molecular weight excluding hydrogens is 675 g/mol. The van der Waals surface area contributed by atoms with E-state index in [2.05, 4.69) is 17.1 Å². The van der Waals surface area contributed by atoms with E-state index in [-0.39, 0.29) is 43.3 Å². The molecule has 2 heterocycles. The first-order chi connectivity index (χ1) is 22.7. The van der Waals surface area contributed by atoms with Crippen LogP contribution in [-0.4, -0.2) is 56.5 Å². The molecule has 48 heavy (non-hydrogen) atoms. The van der Waals surface area contributed by atoms with Gasteiger partial charge < -0.3 is 24.6 Å². The number of esters is 1. The topological polar surface area (TPSA) is 97.3 Å². The second kappa shape index (κ2) is 15.5. The second-order valence-corrected chi connectivity index (χ2v) is 15.8. The van der Waals surface area contributed by atoms with Gasteiger partial charge in [0, 0.05) is 24.6 Å². The van der Waals surface area contributed by atoms with Gasteiger partial charge in [-0.1, -0.05) is 108 Å². The molecule has 0 aromatic heterocycles. The van der Waals surface area contributed by atoms with E-state index in [0.29, 0.717) is 6.54 Å². The molecule has 0 spiro atoms. The molecule has 5 unspecified atom stereocenters. The van der Waals surface area contributed by atoms with Crippen molar-refractivity contribution in [1.82, 2.24) is 10.2 Å². The fraction of sp³-hybridized carbons (Fsp3) is 0.459. The zero-order valence-corrected chi connectivity index (χ0v) is 29.9. The van der Waals surface area contributed by atoms with Gasteiger partial charge in [-0.2, -0.15) is 0 Å². The predicted molar refractivity (Wildman–Crippen MR) is 187 cm³/mol. The minimum absolute atomic E-state index is 0.0230. The molecule has 2 aliphatic rings. The third-order valence-electron chi connectivity index (χ3n) is 8.73. The highest BCUT2D eigenvalue weighted by Crippen LogP contribution is 2.42. The van der Waals surface area contributed by atoms with Gasteiger partial charge in [-0.05, 0) is 74.0 Å². The third-order valence-corrected chi connectivity index (χ3v) is 9.25. The summed E-state index contributed by atoms with van der Waals surface area (Å²) in [6.07, 6.45) is 0.522. The summed E-state index contributed by atoms with van der Waals surface area (Å²) >= 11 is 17.0. The van der Waals surface area contributed by atoms with E-state index in [9.17, 15) is 14.7 Å². The second-order valence-electron chi connectivity index (χ2n) is 13.5. The first-order valence-corrected chi connectivity index (χ1v) is 17.4. The standard InChI is InChI=1S/C37H43Cl3N2O6/c1-23-31(21-42-18-6-9-30(42)33(44)48-36(2,3)4)46-34(47-32(23)27-12-10-24(22-43)11-13-27)28-16-14-26(15-17-28)29-8-5-7-25(19-29)20-41-35(45)37(38,39)40/h5,7-8,10-17,19,23,30-32,34,43H,6,9,18,20-22H2,1-4H3,(H,41,45). The van der Waals surface area contributed by atoms with E-state index < -0.39 is 21.6 Å². The van der Waals surface area contributed by atoms with E-state index in [0.717, 1.165) is 52.8 Å². The molecule has 2 N–H and O–H groups in total. The summed E-state index contributed by atoms with van der Waals surface area (Å²) < 4.78 is 17.1. The number of hydrogen-bond acceptors (Lipinski definition) is 7. The maximum Gasteiger partial charge on any atom is 0.323 e. The molecule has 3 aromatic rings. The van der Waals surface area contributed by atoms with E-state index in [1.54, 1.807) is 0 Å². The Morgan fingerprint density at radius 3 is 2.27 bits per heavy atom. The Morgan fingerprint density at radius 2 is 1.62 bits per heavy atom. The molecule has 0 saturated carbocycles. The Labute approximate surface area is 297 Å². The van der Waals surface area contributed by atoms with Crippen LogP contribution in [0.2, 0.25) is 0 Å². The first-order valence-electron chi connectivity index (χ1n) is 16.2. The number of nitrogens with zero attached hydrogens (tertiary/aromatic N) is 1. The Bertz CT molecular complexity index is 1560. The van der Waals surface area contributed by atoms with Gasteiger partial charge in [0.25, 0.3) is 9.70 Å². The van der Waals surface area contributed by atoms with Crippen LogP contribution in [0.25, 0.3) is 11.1 Å². The highest BCUT2D eigenvalue weighted by molar-refractivity contribution is 6.76. The maximum atomic E-state index is 13.1. The summed E-state index contributed by atoms with van der Waals surface area (Å²) in [4.78, 5) is 27.3. The Hall–Kier alpha value is -2.69. The molecule has 8 nitrogen and oxygen atoms in total. The van der Waals surface area contributed by atoms with Gasteiger partial charge in [0.1, 0.15) is 11.6 Å². The van der Waals surface area contributed by atoms with E-state index >= 15 is 0 Å². The number of rotatable bonds is 9. The summed E-state index contributed by atoms with van der Waals surface area (Å²) in [5.41, 5.74) is 4.93. The number of ether oxygens (including phenoxy) is 3. The highest BCUT2D eigenvalue weighted by atomic mass is 35.6. The lowest BCUT2D eigenvalue weighted by Gasteiger charge is -2.43. The van der Waals surface area contributed by atoms with Crippen LogP contribution in [0.5, 0.6) is 0 Å². The van der Waals surface area contributed by atoms with Gasteiger partial charge in [0.05, 0.1) is 18.8 Å².